The zero-order valence-electron chi connectivity index (χ0n) is 19.9. The zero-order chi connectivity index (χ0) is 25.1. The van der Waals surface area contributed by atoms with Gasteiger partial charge in [0, 0.05) is 13.1 Å². The van der Waals surface area contributed by atoms with Crippen LogP contribution in [-0.2, 0) is 19.4 Å². The van der Waals surface area contributed by atoms with Gasteiger partial charge in [-0.15, -0.1) is 0 Å². The van der Waals surface area contributed by atoms with Crippen molar-refractivity contribution in [1.29, 1.82) is 0 Å². The second kappa shape index (κ2) is 10.0. The number of nitrogens with one attached hydrogen (secondary N) is 1. The highest BCUT2D eigenvalue weighted by molar-refractivity contribution is 6.10. The molecule has 2 heterocycles. The molecule has 2 aromatic heterocycles. The minimum absolute atomic E-state index is 0.263. The van der Waals surface area contributed by atoms with Crippen molar-refractivity contribution in [3.8, 4) is 5.75 Å². The lowest BCUT2D eigenvalue weighted by Gasteiger charge is -2.09. The second-order valence-corrected chi connectivity index (χ2v) is 8.49. The summed E-state index contributed by atoms with van der Waals surface area (Å²) in [6, 6.07) is 21.8. The maximum Gasteiger partial charge on any atom is 0.257 e. The van der Waals surface area contributed by atoms with Crippen LogP contribution in [0, 0.1) is 5.82 Å². The quantitative estimate of drug-likeness (QED) is 0.338. The minimum atomic E-state index is -0.319. The molecule has 1 amide bonds. The number of hydrogen-bond acceptors (Lipinski definition) is 5. The topological polar surface area (TPSA) is 95.1 Å². The van der Waals surface area contributed by atoms with Gasteiger partial charge >= 0.3 is 0 Å². The van der Waals surface area contributed by atoms with Gasteiger partial charge in [0.25, 0.3) is 5.91 Å². The highest BCUT2D eigenvalue weighted by Gasteiger charge is 2.24. The maximum atomic E-state index is 14.2. The number of ether oxygens (including phenoxy) is 1. The molecule has 3 aromatic carbocycles. The molecule has 0 spiro atoms. The SMILES string of the molecule is COc1ccc(CCNC(=O)c2c(N)n(CCc3ccccc3F)c3nc4ccccc4nc23)cc1. The summed E-state index contributed by atoms with van der Waals surface area (Å²) in [4.78, 5) is 22.8. The van der Waals surface area contributed by atoms with Crippen LogP contribution in [-0.4, -0.2) is 34.1 Å². The predicted octanol–water partition coefficient (Wildman–Crippen LogP) is 4.53. The maximum absolute atomic E-state index is 14.2. The Balaban J connectivity index is 1.45. The zero-order valence-corrected chi connectivity index (χ0v) is 19.9. The average Bonchev–Trinajstić information content (AvgIpc) is 3.17. The van der Waals surface area contributed by atoms with Crippen molar-refractivity contribution in [2.24, 2.45) is 0 Å². The summed E-state index contributed by atoms with van der Waals surface area (Å²) in [6.07, 6.45) is 1.05. The Hall–Kier alpha value is -4.46. The number of aromatic nitrogens is 3. The van der Waals surface area contributed by atoms with Crippen molar-refractivity contribution < 1.29 is 13.9 Å². The number of nitrogens with two attached hydrogens (primary N) is 1. The fraction of sp³-hybridized carbons (Fsp3) is 0.179. The number of fused-ring (bicyclic) bond motifs is 2. The first kappa shape index (κ1) is 23.3. The van der Waals surface area contributed by atoms with Gasteiger partial charge < -0.3 is 20.4 Å². The lowest BCUT2D eigenvalue weighted by molar-refractivity contribution is 0.0956. The molecule has 0 aliphatic heterocycles. The standard InChI is InChI=1S/C28H26FN5O2/c1-36-20-12-10-18(11-13-20)14-16-31-28(35)24-25-27(33-23-9-5-4-8-22(23)32-25)34(26(24)30)17-15-19-6-2-3-7-21(19)29/h2-13H,14-17,30H2,1H3,(H,31,35). The van der Waals surface area contributed by atoms with Crippen molar-refractivity contribution in [2.45, 2.75) is 19.4 Å². The van der Waals surface area contributed by atoms with Crippen LogP contribution in [0.15, 0.2) is 72.8 Å². The Kier molecular flexibility index (Phi) is 6.49. The Morgan fingerprint density at radius 3 is 2.39 bits per heavy atom. The lowest BCUT2D eigenvalue weighted by atomic mass is 10.1. The van der Waals surface area contributed by atoms with Gasteiger partial charge in [-0.05, 0) is 54.3 Å². The molecular weight excluding hydrogens is 457 g/mol. The number of benzene rings is 3. The number of nitrogen functional groups attached to an aromatic ring is 1. The summed E-state index contributed by atoms with van der Waals surface area (Å²) in [7, 11) is 1.62. The van der Waals surface area contributed by atoms with Crippen molar-refractivity contribution in [3.05, 3.63) is 95.3 Å². The molecule has 0 saturated carbocycles. The van der Waals surface area contributed by atoms with E-state index in [0.29, 0.717) is 53.7 Å². The summed E-state index contributed by atoms with van der Waals surface area (Å²) in [5, 5.41) is 2.96. The number of methoxy groups -OCH3 is 1. The number of carbonyl (C=O) groups excluding carboxylic acids is 1. The fourth-order valence-electron chi connectivity index (χ4n) is 4.30. The highest BCUT2D eigenvalue weighted by Crippen LogP contribution is 2.28. The number of amides is 1. The van der Waals surface area contributed by atoms with Gasteiger partial charge in [0.2, 0.25) is 0 Å². The summed E-state index contributed by atoms with van der Waals surface area (Å²) in [5.74, 6) is 0.448. The molecule has 0 fully saturated rings. The van der Waals surface area contributed by atoms with Gasteiger partial charge in [0.05, 0.1) is 18.1 Å². The Labute approximate surface area is 207 Å². The fourth-order valence-corrected chi connectivity index (χ4v) is 4.30. The van der Waals surface area contributed by atoms with Crippen molar-refractivity contribution in [1.82, 2.24) is 19.9 Å². The number of nitrogens with zero attached hydrogens (tertiary/aromatic N) is 3. The monoisotopic (exact) mass is 483 g/mol. The largest absolute Gasteiger partial charge is 0.497 e. The Bertz CT molecular complexity index is 1550. The van der Waals surface area contributed by atoms with E-state index in [1.807, 2.05) is 48.5 Å². The third-order valence-electron chi connectivity index (χ3n) is 6.24. The first-order valence-electron chi connectivity index (χ1n) is 11.7. The van der Waals surface area contributed by atoms with Crippen LogP contribution < -0.4 is 15.8 Å². The number of anilines is 1. The number of carbonyl (C=O) groups is 1. The summed E-state index contributed by atoms with van der Waals surface area (Å²) < 4.78 is 21.2. The molecule has 5 aromatic rings. The van der Waals surface area contributed by atoms with Gasteiger partial charge in [0.15, 0.2) is 5.65 Å². The smallest absolute Gasteiger partial charge is 0.257 e. The van der Waals surface area contributed by atoms with E-state index >= 15 is 0 Å². The van der Waals surface area contributed by atoms with Gasteiger partial charge in [0.1, 0.15) is 28.5 Å². The molecule has 5 rings (SSSR count). The molecular formula is C28H26FN5O2. The molecule has 3 N–H and O–H groups in total. The molecule has 0 atom stereocenters. The van der Waals surface area contributed by atoms with Gasteiger partial charge in [-0.2, -0.15) is 0 Å². The summed E-state index contributed by atoms with van der Waals surface area (Å²) >= 11 is 0. The first-order chi connectivity index (χ1) is 17.5. The normalized spacial score (nSPS) is 11.2. The number of aryl methyl sites for hydroxylation is 2. The summed E-state index contributed by atoms with van der Waals surface area (Å²) in [5.41, 5.74) is 10.7. The van der Waals surface area contributed by atoms with E-state index in [9.17, 15) is 9.18 Å². The van der Waals surface area contributed by atoms with Crippen molar-refractivity contribution in [2.75, 3.05) is 19.4 Å². The molecule has 0 aliphatic rings. The summed E-state index contributed by atoms with van der Waals surface area (Å²) in [6.45, 7) is 0.781. The number of rotatable bonds is 8. The van der Waals surface area contributed by atoms with Crippen LogP contribution in [0.3, 0.4) is 0 Å². The van der Waals surface area contributed by atoms with Crippen LogP contribution in [0.4, 0.5) is 10.2 Å². The van der Waals surface area contributed by atoms with Crippen LogP contribution in [0.25, 0.3) is 22.2 Å². The average molecular weight is 484 g/mol. The van der Waals surface area contributed by atoms with Crippen LogP contribution >= 0.6 is 0 Å². The van der Waals surface area contributed by atoms with E-state index in [0.717, 1.165) is 11.3 Å². The second-order valence-electron chi connectivity index (χ2n) is 8.49. The number of para-hydroxylation sites is 2. The number of hydrogen-bond donors (Lipinski definition) is 2. The molecule has 7 nitrogen and oxygen atoms in total. The predicted molar refractivity (Wildman–Crippen MR) is 139 cm³/mol. The van der Waals surface area contributed by atoms with E-state index in [1.165, 1.54) is 6.07 Å². The van der Waals surface area contributed by atoms with Crippen molar-refractivity contribution >= 4 is 33.9 Å². The van der Waals surface area contributed by atoms with Gasteiger partial charge in [-0.1, -0.05) is 42.5 Å². The van der Waals surface area contributed by atoms with Crippen molar-refractivity contribution in [3.63, 3.8) is 0 Å². The molecule has 0 unspecified atom stereocenters. The van der Waals surface area contributed by atoms with E-state index in [-0.39, 0.29) is 23.1 Å². The molecule has 0 radical (unpaired) electrons. The highest BCUT2D eigenvalue weighted by atomic mass is 19.1. The molecule has 182 valence electrons. The molecule has 0 saturated heterocycles. The lowest BCUT2D eigenvalue weighted by Crippen LogP contribution is -2.26. The van der Waals surface area contributed by atoms with Gasteiger partial charge in [-0.3, -0.25) is 4.79 Å². The molecule has 8 heteroatoms. The van der Waals surface area contributed by atoms with Crippen LogP contribution in [0.2, 0.25) is 0 Å². The Morgan fingerprint density at radius 2 is 1.67 bits per heavy atom. The van der Waals surface area contributed by atoms with E-state index < -0.39 is 0 Å². The first-order valence-corrected chi connectivity index (χ1v) is 11.7. The van der Waals surface area contributed by atoms with Gasteiger partial charge in [-0.25, -0.2) is 14.4 Å². The third kappa shape index (κ3) is 4.57. The van der Waals surface area contributed by atoms with E-state index in [2.05, 4.69) is 5.32 Å². The molecule has 0 bridgehead atoms. The molecule has 0 aliphatic carbocycles. The Morgan fingerprint density at radius 1 is 0.972 bits per heavy atom. The third-order valence-corrected chi connectivity index (χ3v) is 6.24. The van der Waals surface area contributed by atoms with Crippen LogP contribution in [0.5, 0.6) is 5.75 Å². The van der Waals surface area contributed by atoms with Crippen LogP contribution in [0.1, 0.15) is 21.5 Å². The number of halogens is 1. The van der Waals surface area contributed by atoms with E-state index in [1.54, 1.807) is 29.9 Å². The molecule has 36 heavy (non-hydrogen) atoms. The van der Waals surface area contributed by atoms with E-state index in [4.69, 9.17) is 20.4 Å². The minimum Gasteiger partial charge on any atom is -0.497 e.